The molecule has 5 nitrogen and oxygen atoms in total. The Balaban J connectivity index is 1.67. The fourth-order valence-electron chi connectivity index (χ4n) is 3.96. The van der Waals surface area contributed by atoms with Crippen LogP contribution in [0.3, 0.4) is 0 Å². The van der Waals surface area contributed by atoms with Gasteiger partial charge in [0.2, 0.25) is 5.91 Å². The van der Waals surface area contributed by atoms with Gasteiger partial charge in [0.1, 0.15) is 5.82 Å². The first kappa shape index (κ1) is 19.0. The van der Waals surface area contributed by atoms with Gasteiger partial charge in [-0.2, -0.15) is 0 Å². The second kappa shape index (κ2) is 7.94. The van der Waals surface area contributed by atoms with Crippen LogP contribution in [-0.4, -0.2) is 51.4 Å². The van der Waals surface area contributed by atoms with Crippen molar-refractivity contribution < 1.29 is 4.79 Å². The summed E-state index contributed by atoms with van der Waals surface area (Å²) >= 11 is 6.22. The maximum absolute atomic E-state index is 11.6. The maximum atomic E-state index is 11.6. The molecular formula is C22H25ClN4O. The zero-order valence-corrected chi connectivity index (χ0v) is 17.1. The van der Waals surface area contributed by atoms with E-state index in [-0.39, 0.29) is 11.9 Å². The van der Waals surface area contributed by atoms with E-state index in [1.165, 1.54) is 5.56 Å². The number of nitrogens with zero attached hydrogens (tertiary/aromatic N) is 4. The molecule has 1 aromatic heterocycles. The Morgan fingerprint density at radius 2 is 1.82 bits per heavy atom. The van der Waals surface area contributed by atoms with Crippen LogP contribution in [-0.2, 0) is 11.3 Å². The maximum Gasteiger partial charge on any atom is 0.219 e. The minimum absolute atomic E-state index is 0.151. The molecule has 0 saturated carbocycles. The first-order chi connectivity index (χ1) is 13.5. The molecule has 2 heterocycles. The van der Waals surface area contributed by atoms with Crippen molar-refractivity contribution >= 4 is 28.5 Å². The summed E-state index contributed by atoms with van der Waals surface area (Å²) < 4.78 is 2.29. The first-order valence-electron chi connectivity index (χ1n) is 9.72. The Kier molecular flexibility index (Phi) is 5.38. The van der Waals surface area contributed by atoms with Crippen LogP contribution >= 0.6 is 11.6 Å². The molecule has 0 spiro atoms. The van der Waals surface area contributed by atoms with E-state index in [9.17, 15) is 4.79 Å². The van der Waals surface area contributed by atoms with E-state index in [0.717, 1.165) is 49.6 Å². The molecule has 146 valence electrons. The van der Waals surface area contributed by atoms with Crippen LogP contribution in [0, 0.1) is 0 Å². The van der Waals surface area contributed by atoms with Crippen LogP contribution < -0.4 is 0 Å². The number of carbonyl (C=O) groups excluding carboxylic acids is 1. The van der Waals surface area contributed by atoms with Gasteiger partial charge in [0.15, 0.2) is 0 Å². The van der Waals surface area contributed by atoms with Gasteiger partial charge in [0.05, 0.1) is 17.1 Å². The van der Waals surface area contributed by atoms with E-state index in [2.05, 4.69) is 46.7 Å². The van der Waals surface area contributed by atoms with Gasteiger partial charge in [-0.15, -0.1) is 0 Å². The average Bonchev–Trinajstić information content (AvgIpc) is 3.05. The van der Waals surface area contributed by atoms with E-state index >= 15 is 0 Å². The predicted octanol–water partition coefficient (Wildman–Crippen LogP) is 3.96. The highest BCUT2D eigenvalue weighted by Gasteiger charge is 2.27. The number of benzene rings is 2. The monoisotopic (exact) mass is 396 g/mol. The van der Waals surface area contributed by atoms with Crippen LogP contribution in [0.15, 0.2) is 48.5 Å². The van der Waals surface area contributed by atoms with Crippen LogP contribution in [0.2, 0.25) is 5.02 Å². The quantitative estimate of drug-likeness (QED) is 0.670. The molecule has 3 aromatic rings. The number of amides is 1. The largest absolute Gasteiger partial charge is 0.340 e. The summed E-state index contributed by atoms with van der Waals surface area (Å²) in [6, 6.07) is 16.5. The Morgan fingerprint density at radius 1 is 1.11 bits per heavy atom. The Hall–Kier alpha value is -2.37. The minimum Gasteiger partial charge on any atom is -0.340 e. The average molecular weight is 397 g/mol. The second-order valence-electron chi connectivity index (χ2n) is 7.39. The number of halogens is 1. The SMILES string of the molecule is CC(=O)N1CCN(C(C)c2nc3cc(Cl)ccc3n2Cc2ccccc2)CC1. The number of imidazole rings is 1. The fourth-order valence-corrected chi connectivity index (χ4v) is 4.13. The lowest BCUT2D eigenvalue weighted by atomic mass is 10.2. The van der Waals surface area contributed by atoms with E-state index in [1.54, 1.807) is 6.92 Å². The zero-order chi connectivity index (χ0) is 19.7. The zero-order valence-electron chi connectivity index (χ0n) is 16.3. The Labute approximate surface area is 170 Å². The normalized spacial score (nSPS) is 16.5. The molecule has 0 aliphatic carbocycles. The van der Waals surface area contributed by atoms with Crippen LogP contribution in [0.25, 0.3) is 11.0 Å². The molecule has 4 rings (SSSR count). The van der Waals surface area contributed by atoms with Crippen LogP contribution in [0.4, 0.5) is 0 Å². The number of piperazine rings is 1. The van der Waals surface area contributed by atoms with E-state index in [0.29, 0.717) is 5.02 Å². The molecular weight excluding hydrogens is 372 g/mol. The Morgan fingerprint density at radius 3 is 2.50 bits per heavy atom. The summed E-state index contributed by atoms with van der Waals surface area (Å²) in [6.45, 7) is 7.86. The summed E-state index contributed by atoms with van der Waals surface area (Å²) in [4.78, 5) is 20.9. The lowest BCUT2D eigenvalue weighted by Gasteiger charge is -2.37. The van der Waals surface area contributed by atoms with Crippen molar-refractivity contribution in [2.45, 2.75) is 26.4 Å². The van der Waals surface area contributed by atoms with Crippen LogP contribution in [0.5, 0.6) is 0 Å². The van der Waals surface area contributed by atoms with Gasteiger partial charge in [0, 0.05) is 44.7 Å². The van der Waals surface area contributed by atoms with Gasteiger partial charge >= 0.3 is 0 Å². The van der Waals surface area contributed by atoms with Crippen molar-refractivity contribution in [2.24, 2.45) is 0 Å². The number of carbonyl (C=O) groups is 1. The highest BCUT2D eigenvalue weighted by atomic mass is 35.5. The number of hydrogen-bond donors (Lipinski definition) is 0. The number of rotatable bonds is 4. The van der Waals surface area contributed by atoms with Gasteiger partial charge < -0.3 is 9.47 Å². The predicted molar refractivity (Wildman–Crippen MR) is 113 cm³/mol. The van der Waals surface area contributed by atoms with Crippen molar-refractivity contribution in [3.05, 3.63) is 64.9 Å². The Bertz CT molecular complexity index is 977. The third kappa shape index (κ3) is 3.77. The van der Waals surface area contributed by atoms with E-state index in [1.807, 2.05) is 23.1 Å². The standard InChI is InChI=1S/C22H25ClN4O/c1-16(25-10-12-26(13-11-25)17(2)28)22-24-20-14-19(23)8-9-21(20)27(22)15-18-6-4-3-5-7-18/h3-9,14,16H,10-13,15H2,1-2H3. The molecule has 1 amide bonds. The number of hydrogen-bond acceptors (Lipinski definition) is 3. The van der Waals surface area contributed by atoms with Gasteiger partial charge in [-0.05, 0) is 30.7 Å². The lowest BCUT2D eigenvalue weighted by Crippen LogP contribution is -2.48. The minimum atomic E-state index is 0.151. The topological polar surface area (TPSA) is 41.4 Å². The van der Waals surface area contributed by atoms with Gasteiger partial charge in [-0.25, -0.2) is 4.98 Å². The highest BCUT2D eigenvalue weighted by molar-refractivity contribution is 6.31. The third-order valence-electron chi connectivity index (χ3n) is 5.60. The van der Waals surface area contributed by atoms with Gasteiger partial charge in [-0.3, -0.25) is 9.69 Å². The van der Waals surface area contributed by atoms with Crippen LogP contribution in [0.1, 0.15) is 31.3 Å². The molecule has 0 radical (unpaired) electrons. The summed E-state index contributed by atoms with van der Waals surface area (Å²) in [5.41, 5.74) is 3.26. The summed E-state index contributed by atoms with van der Waals surface area (Å²) in [7, 11) is 0. The molecule has 1 aliphatic heterocycles. The van der Waals surface area contributed by atoms with E-state index < -0.39 is 0 Å². The van der Waals surface area contributed by atoms with Crippen molar-refractivity contribution in [1.29, 1.82) is 0 Å². The molecule has 0 N–H and O–H groups in total. The lowest BCUT2D eigenvalue weighted by molar-refractivity contribution is -0.130. The van der Waals surface area contributed by atoms with Crippen molar-refractivity contribution in [2.75, 3.05) is 26.2 Å². The second-order valence-corrected chi connectivity index (χ2v) is 7.83. The number of fused-ring (bicyclic) bond motifs is 1. The summed E-state index contributed by atoms with van der Waals surface area (Å²) in [5.74, 6) is 1.19. The first-order valence-corrected chi connectivity index (χ1v) is 10.1. The molecule has 1 fully saturated rings. The van der Waals surface area contributed by atoms with Crippen molar-refractivity contribution in [3.63, 3.8) is 0 Å². The molecule has 28 heavy (non-hydrogen) atoms. The van der Waals surface area contributed by atoms with Gasteiger partial charge in [-0.1, -0.05) is 41.9 Å². The summed E-state index contributed by atoms with van der Waals surface area (Å²) in [6.07, 6.45) is 0. The molecule has 1 unspecified atom stereocenters. The fraction of sp³-hybridized carbons (Fsp3) is 0.364. The van der Waals surface area contributed by atoms with E-state index in [4.69, 9.17) is 16.6 Å². The molecule has 6 heteroatoms. The molecule has 1 atom stereocenters. The third-order valence-corrected chi connectivity index (χ3v) is 5.84. The van der Waals surface area contributed by atoms with Gasteiger partial charge in [0.25, 0.3) is 0 Å². The number of aromatic nitrogens is 2. The molecule has 0 bridgehead atoms. The molecule has 2 aromatic carbocycles. The smallest absolute Gasteiger partial charge is 0.219 e. The van der Waals surface area contributed by atoms with Crippen molar-refractivity contribution in [1.82, 2.24) is 19.4 Å². The highest BCUT2D eigenvalue weighted by Crippen LogP contribution is 2.28. The van der Waals surface area contributed by atoms with Crippen molar-refractivity contribution in [3.8, 4) is 0 Å². The molecule has 1 saturated heterocycles. The molecule has 1 aliphatic rings. The summed E-state index contributed by atoms with van der Waals surface area (Å²) in [5, 5.41) is 0.700.